The van der Waals surface area contributed by atoms with Crippen LogP contribution >= 0.6 is 11.6 Å². The molecule has 0 bridgehead atoms. The molecule has 1 aromatic heterocycles. The summed E-state index contributed by atoms with van der Waals surface area (Å²) in [5, 5.41) is 10.5. The number of nitrogens with zero attached hydrogens (tertiary/aromatic N) is 3. The number of aromatic amines is 1. The maximum Gasteiger partial charge on any atom is 0.407 e. The van der Waals surface area contributed by atoms with Crippen LogP contribution in [0.25, 0.3) is 11.0 Å². The number of imidazole rings is 1. The predicted octanol–water partition coefficient (Wildman–Crippen LogP) is 6.15. The molecule has 1 amide bonds. The number of hydrogen-bond donors (Lipinski definition) is 2. The number of carbonyl (C=O) groups is 1. The minimum absolute atomic E-state index is 0.0669. The molecule has 8 heteroatoms. The average Bonchev–Trinajstić information content (AvgIpc) is 3.24. The third-order valence-corrected chi connectivity index (χ3v) is 7.72. The zero-order valence-electron chi connectivity index (χ0n) is 21.3. The minimum atomic E-state index is -0.892. The van der Waals surface area contributed by atoms with Gasteiger partial charge in [0.05, 0.1) is 11.0 Å². The molecule has 2 atom stereocenters. The normalized spacial score (nSPS) is 17.8. The molecule has 4 aromatic rings. The van der Waals surface area contributed by atoms with Crippen LogP contribution in [0.15, 0.2) is 83.7 Å². The second-order valence-electron chi connectivity index (χ2n) is 10.1. The lowest BCUT2D eigenvalue weighted by molar-refractivity contribution is 0.0853. The fourth-order valence-corrected chi connectivity index (χ4v) is 5.88. The Morgan fingerprint density at radius 3 is 2.29 bits per heavy atom. The van der Waals surface area contributed by atoms with Crippen LogP contribution in [0.4, 0.5) is 4.79 Å². The number of carboxylic acid groups (broad SMARTS) is 1. The van der Waals surface area contributed by atoms with Crippen LogP contribution < -0.4 is 5.69 Å². The van der Waals surface area contributed by atoms with Crippen LogP contribution in [0.3, 0.4) is 0 Å². The monoisotopic (exact) mass is 532 g/mol. The van der Waals surface area contributed by atoms with Crippen molar-refractivity contribution in [3.63, 3.8) is 0 Å². The summed E-state index contributed by atoms with van der Waals surface area (Å²) in [5.41, 5.74) is 3.85. The Balaban J connectivity index is 1.29. The number of hydrogen-bond acceptors (Lipinski definition) is 3. The summed E-state index contributed by atoms with van der Waals surface area (Å²) >= 11 is 6.12. The van der Waals surface area contributed by atoms with Gasteiger partial charge in [0, 0.05) is 36.7 Å². The third-order valence-electron chi connectivity index (χ3n) is 7.49. The lowest BCUT2D eigenvalue weighted by Crippen LogP contribution is -2.47. The highest BCUT2D eigenvalue weighted by Gasteiger charge is 2.33. The molecule has 2 N–H and O–H groups in total. The lowest BCUT2D eigenvalue weighted by atomic mass is 9.93. The summed E-state index contributed by atoms with van der Waals surface area (Å²) in [6, 6.07) is 26.0. The maximum absolute atomic E-state index is 12.8. The molecular weight excluding hydrogens is 500 g/mol. The van der Waals surface area contributed by atoms with E-state index in [0.717, 1.165) is 38.0 Å². The van der Waals surface area contributed by atoms with Gasteiger partial charge in [-0.3, -0.25) is 9.47 Å². The van der Waals surface area contributed by atoms with Crippen LogP contribution in [-0.2, 0) is 13.1 Å². The van der Waals surface area contributed by atoms with Crippen molar-refractivity contribution in [3.8, 4) is 0 Å². The van der Waals surface area contributed by atoms with Gasteiger partial charge < -0.3 is 15.0 Å². The average molecular weight is 533 g/mol. The van der Waals surface area contributed by atoms with E-state index in [1.807, 2.05) is 18.2 Å². The molecule has 0 spiro atoms. The summed E-state index contributed by atoms with van der Waals surface area (Å²) in [6.07, 6.45) is 1.92. The molecule has 5 rings (SSSR count). The molecular formula is C30H33ClN4O3. The number of H-pyrrole nitrogens is 1. The zero-order valence-corrected chi connectivity index (χ0v) is 22.1. The SMILES string of the molecule is O=C(O)N1CC[C@H](n2c(=O)[nH]c3cc(Cl)ccc32)C[C@@H]1CCCN(Cc1ccccc1)Cc1ccccc1. The molecule has 198 valence electrons. The van der Waals surface area contributed by atoms with E-state index >= 15 is 0 Å². The van der Waals surface area contributed by atoms with Crippen LogP contribution in [-0.4, -0.2) is 49.7 Å². The van der Waals surface area contributed by atoms with Crippen LogP contribution in [0.5, 0.6) is 0 Å². The number of piperidine rings is 1. The number of rotatable bonds is 9. The zero-order chi connectivity index (χ0) is 26.5. The van der Waals surface area contributed by atoms with Crippen molar-refractivity contribution >= 4 is 28.7 Å². The molecule has 0 aliphatic carbocycles. The van der Waals surface area contributed by atoms with E-state index in [1.165, 1.54) is 11.1 Å². The number of likely N-dealkylation sites (tertiary alicyclic amines) is 1. The van der Waals surface area contributed by atoms with Gasteiger partial charge >= 0.3 is 11.8 Å². The number of benzene rings is 3. The van der Waals surface area contributed by atoms with Gasteiger partial charge in [-0.15, -0.1) is 0 Å². The third kappa shape index (κ3) is 6.11. The molecule has 0 radical (unpaired) electrons. The highest BCUT2D eigenvalue weighted by molar-refractivity contribution is 6.31. The first kappa shape index (κ1) is 26.1. The van der Waals surface area contributed by atoms with Crippen LogP contribution in [0.2, 0.25) is 5.02 Å². The molecule has 7 nitrogen and oxygen atoms in total. The van der Waals surface area contributed by atoms with E-state index in [4.69, 9.17) is 11.6 Å². The smallest absolute Gasteiger partial charge is 0.407 e. The number of aromatic nitrogens is 2. The van der Waals surface area contributed by atoms with Crippen molar-refractivity contribution in [1.82, 2.24) is 19.4 Å². The maximum atomic E-state index is 12.8. The molecule has 1 saturated heterocycles. The Bertz CT molecular complexity index is 1380. The Morgan fingerprint density at radius 1 is 1.00 bits per heavy atom. The first-order valence-electron chi connectivity index (χ1n) is 13.2. The fraction of sp³-hybridized carbons (Fsp3) is 0.333. The largest absolute Gasteiger partial charge is 0.465 e. The van der Waals surface area contributed by atoms with Crippen molar-refractivity contribution < 1.29 is 9.90 Å². The van der Waals surface area contributed by atoms with Gasteiger partial charge in [-0.25, -0.2) is 9.59 Å². The molecule has 3 aromatic carbocycles. The summed E-state index contributed by atoms with van der Waals surface area (Å²) in [7, 11) is 0. The van der Waals surface area contributed by atoms with Gasteiger partial charge in [0.2, 0.25) is 0 Å². The van der Waals surface area contributed by atoms with Crippen molar-refractivity contribution in [2.75, 3.05) is 13.1 Å². The van der Waals surface area contributed by atoms with E-state index in [1.54, 1.807) is 21.6 Å². The standard InChI is InChI=1S/C30H33ClN4O3/c31-24-13-14-28-27(18-24)32-29(36)35(28)26-15-17-34(30(37)38)25(19-26)12-7-16-33(20-22-8-3-1-4-9-22)21-23-10-5-2-6-11-23/h1-6,8-11,13-14,18,25-26H,7,12,15-17,19-21H2,(H,32,36)(H,37,38)/t25-,26-/m0/s1. The van der Waals surface area contributed by atoms with Crippen molar-refractivity contribution in [1.29, 1.82) is 0 Å². The summed E-state index contributed by atoms with van der Waals surface area (Å²) in [5.74, 6) is 0. The van der Waals surface area contributed by atoms with Gasteiger partial charge in [0.15, 0.2) is 0 Å². The van der Waals surface area contributed by atoms with E-state index in [-0.39, 0.29) is 17.8 Å². The van der Waals surface area contributed by atoms with Crippen molar-refractivity contribution in [2.45, 2.75) is 50.9 Å². The van der Waals surface area contributed by atoms with E-state index in [9.17, 15) is 14.7 Å². The van der Waals surface area contributed by atoms with Crippen molar-refractivity contribution in [3.05, 3.63) is 105 Å². The molecule has 0 saturated carbocycles. The van der Waals surface area contributed by atoms with Gasteiger partial charge in [-0.2, -0.15) is 0 Å². The molecule has 0 unspecified atom stereocenters. The minimum Gasteiger partial charge on any atom is -0.465 e. The molecule has 1 aliphatic rings. The highest BCUT2D eigenvalue weighted by atomic mass is 35.5. The van der Waals surface area contributed by atoms with Gasteiger partial charge in [-0.05, 0) is 61.6 Å². The molecule has 38 heavy (non-hydrogen) atoms. The van der Waals surface area contributed by atoms with Gasteiger partial charge in [0.1, 0.15) is 0 Å². The van der Waals surface area contributed by atoms with Crippen molar-refractivity contribution in [2.24, 2.45) is 0 Å². The summed E-state index contributed by atoms with van der Waals surface area (Å²) < 4.78 is 1.79. The first-order chi connectivity index (χ1) is 18.5. The topological polar surface area (TPSA) is 81.6 Å². The second kappa shape index (κ2) is 11.9. The Kier molecular flexibility index (Phi) is 8.15. The summed E-state index contributed by atoms with van der Waals surface area (Å²) in [4.78, 5) is 31.8. The first-order valence-corrected chi connectivity index (χ1v) is 13.6. The van der Waals surface area contributed by atoms with Gasteiger partial charge in [-0.1, -0.05) is 72.3 Å². The van der Waals surface area contributed by atoms with Crippen LogP contribution in [0, 0.1) is 0 Å². The Hall–Kier alpha value is -3.55. The molecule has 1 aliphatic heterocycles. The molecule has 2 heterocycles. The quantitative estimate of drug-likeness (QED) is 0.271. The number of fused-ring (bicyclic) bond motifs is 1. The number of amides is 1. The molecule has 1 fully saturated rings. The van der Waals surface area contributed by atoms with E-state index in [2.05, 4.69) is 58.4 Å². The second-order valence-corrected chi connectivity index (χ2v) is 10.5. The number of halogens is 1. The van der Waals surface area contributed by atoms with E-state index in [0.29, 0.717) is 29.9 Å². The van der Waals surface area contributed by atoms with Gasteiger partial charge in [0.25, 0.3) is 0 Å². The Labute approximate surface area is 227 Å². The Morgan fingerprint density at radius 2 is 1.66 bits per heavy atom. The van der Waals surface area contributed by atoms with E-state index < -0.39 is 6.09 Å². The fourth-order valence-electron chi connectivity index (χ4n) is 5.70. The lowest BCUT2D eigenvalue weighted by Gasteiger charge is -2.38. The number of nitrogens with one attached hydrogen (secondary N) is 1. The highest BCUT2D eigenvalue weighted by Crippen LogP contribution is 2.31. The summed E-state index contributed by atoms with van der Waals surface area (Å²) in [6.45, 7) is 2.93. The predicted molar refractivity (Wildman–Crippen MR) is 151 cm³/mol. The van der Waals surface area contributed by atoms with Crippen LogP contribution in [0.1, 0.15) is 42.9 Å².